The van der Waals surface area contributed by atoms with Crippen LogP contribution in [-0.4, -0.2) is 38.0 Å². The third-order valence-electron chi connectivity index (χ3n) is 5.49. The van der Waals surface area contributed by atoms with Crippen molar-refractivity contribution in [1.29, 1.82) is 5.26 Å². The van der Waals surface area contributed by atoms with Crippen molar-refractivity contribution in [2.24, 2.45) is 10.2 Å². The fourth-order valence-electron chi connectivity index (χ4n) is 3.68. The normalized spacial score (nSPS) is 15.6. The number of rotatable bonds is 7. The Bertz CT molecular complexity index is 1410. The van der Waals surface area contributed by atoms with E-state index in [-0.39, 0.29) is 11.5 Å². The second-order valence-electron chi connectivity index (χ2n) is 7.96. The third kappa shape index (κ3) is 5.95. The maximum absolute atomic E-state index is 12.6. The summed E-state index contributed by atoms with van der Waals surface area (Å²) in [5.41, 5.74) is 7.75. The Morgan fingerprint density at radius 1 is 0.861 bits per heavy atom. The minimum atomic E-state index is -3.33. The molecule has 1 saturated heterocycles. The van der Waals surface area contributed by atoms with Crippen LogP contribution in [0.25, 0.3) is 0 Å². The molecule has 3 aromatic rings. The molecule has 1 fully saturated rings. The molecule has 182 valence electrons. The van der Waals surface area contributed by atoms with Gasteiger partial charge in [0.2, 0.25) is 15.7 Å². The lowest BCUT2D eigenvalue weighted by atomic mass is 10.0. The van der Waals surface area contributed by atoms with E-state index in [1.54, 1.807) is 54.6 Å². The lowest BCUT2D eigenvalue weighted by Gasteiger charge is -2.28. The molecule has 4 rings (SSSR count). The average Bonchev–Trinajstić information content (AvgIpc) is 2.90. The van der Waals surface area contributed by atoms with E-state index in [2.05, 4.69) is 21.1 Å². The second-order valence-corrected chi connectivity index (χ2v) is 9.97. The lowest BCUT2D eigenvalue weighted by molar-refractivity contribution is -0.114. The number of nitrogens with one attached hydrogen (secondary N) is 2. The number of sulfonamides is 1. The van der Waals surface area contributed by atoms with Gasteiger partial charge in [0.25, 0.3) is 0 Å². The molecule has 0 radical (unpaired) electrons. The largest absolute Gasteiger partial charge is 0.302 e. The summed E-state index contributed by atoms with van der Waals surface area (Å²) >= 11 is 0. The van der Waals surface area contributed by atoms with Crippen molar-refractivity contribution in [2.75, 3.05) is 22.0 Å². The Labute approximate surface area is 209 Å². The predicted octanol–water partition coefficient (Wildman–Crippen LogP) is 3.48. The van der Waals surface area contributed by atoms with Gasteiger partial charge in [0, 0.05) is 17.7 Å². The van der Waals surface area contributed by atoms with E-state index in [0.29, 0.717) is 35.6 Å². The molecule has 1 aliphatic heterocycles. The Hall–Kier alpha value is -4.49. The number of anilines is 2. The number of para-hydroxylation sites is 1. The molecule has 0 aliphatic carbocycles. The van der Waals surface area contributed by atoms with Crippen LogP contribution < -0.4 is 15.2 Å². The van der Waals surface area contributed by atoms with Gasteiger partial charge in [0.15, 0.2) is 0 Å². The molecule has 1 amide bonds. The topological polar surface area (TPSA) is 127 Å². The fraction of sp³-hybridized carbons (Fsp3) is 0.154. The molecule has 1 aliphatic rings. The zero-order valence-electron chi connectivity index (χ0n) is 19.3. The lowest BCUT2D eigenvalue weighted by Crippen LogP contribution is -2.37. The molecule has 0 unspecified atom stereocenters. The first-order chi connectivity index (χ1) is 17.5. The van der Waals surface area contributed by atoms with Crippen molar-refractivity contribution in [1.82, 2.24) is 5.43 Å². The van der Waals surface area contributed by atoms with Gasteiger partial charge in [0.05, 0.1) is 22.8 Å². The van der Waals surface area contributed by atoms with Gasteiger partial charge in [-0.3, -0.25) is 14.5 Å². The minimum Gasteiger partial charge on any atom is -0.277 e. The van der Waals surface area contributed by atoms with Crippen LogP contribution in [0, 0.1) is 11.3 Å². The molecule has 9 nitrogen and oxygen atoms in total. The summed E-state index contributed by atoms with van der Waals surface area (Å²) in [5.74, 6) is -0.634. The zero-order valence-corrected chi connectivity index (χ0v) is 20.1. The number of amides is 1. The van der Waals surface area contributed by atoms with Crippen molar-refractivity contribution in [3.05, 3.63) is 96.1 Å². The average molecular weight is 501 g/mol. The van der Waals surface area contributed by atoms with Crippen LogP contribution in [0.15, 0.2) is 95.1 Å². The number of nitrogens with zero attached hydrogens (tertiary/aromatic N) is 4. The molecule has 0 atom stereocenters. The van der Waals surface area contributed by atoms with Crippen LogP contribution in [0.4, 0.5) is 11.4 Å². The summed E-state index contributed by atoms with van der Waals surface area (Å²) in [4.78, 5) is 12.6. The highest BCUT2D eigenvalue weighted by molar-refractivity contribution is 7.92. The Kier molecular flexibility index (Phi) is 7.72. The molecule has 0 spiro atoms. The summed E-state index contributed by atoms with van der Waals surface area (Å²) in [7, 11) is -3.33. The van der Waals surface area contributed by atoms with E-state index in [4.69, 9.17) is 0 Å². The molecule has 0 bridgehead atoms. The SMILES string of the molecule is N#C/C(=N/Nc1ccccc1)C(=O)N/N=C(/c1ccccc1)c1ccc(N2CCCCS2(=O)=O)cc1. The Morgan fingerprint density at radius 3 is 2.14 bits per heavy atom. The van der Waals surface area contributed by atoms with Crippen LogP contribution in [-0.2, 0) is 14.8 Å². The van der Waals surface area contributed by atoms with E-state index in [1.807, 2.05) is 36.4 Å². The van der Waals surface area contributed by atoms with Crippen LogP contribution >= 0.6 is 0 Å². The van der Waals surface area contributed by atoms with E-state index < -0.39 is 15.9 Å². The van der Waals surface area contributed by atoms with Crippen LogP contribution in [0.3, 0.4) is 0 Å². The van der Waals surface area contributed by atoms with Crippen molar-refractivity contribution >= 4 is 38.7 Å². The van der Waals surface area contributed by atoms with Gasteiger partial charge < -0.3 is 0 Å². The smallest absolute Gasteiger partial charge is 0.277 e. The number of nitriles is 1. The third-order valence-corrected chi connectivity index (χ3v) is 7.36. The van der Waals surface area contributed by atoms with Crippen molar-refractivity contribution in [3.8, 4) is 6.07 Å². The van der Waals surface area contributed by atoms with E-state index in [9.17, 15) is 18.5 Å². The highest BCUT2D eigenvalue weighted by Crippen LogP contribution is 2.24. The molecular weight excluding hydrogens is 476 g/mol. The number of carbonyl (C=O) groups excluding carboxylic acids is 1. The van der Waals surface area contributed by atoms with Crippen molar-refractivity contribution in [2.45, 2.75) is 12.8 Å². The van der Waals surface area contributed by atoms with Gasteiger partial charge in [-0.05, 0) is 37.1 Å². The van der Waals surface area contributed by atoms with Gasteiger partial charge in [-0.15, -0.1) is 0 Å². The summed E-state index contributed by atoms with van der Waals surface area (Å²) < 4.78 is 26.3. The van der Waals surface area contributed by atoms with Gasteiger partial charge in [0.1, 0.15) is 6.07 Å². The molecule has 10 heteroatoms. The predicted molar refractivity (Wildman–Crippen MR) is 140 cm³/mol. The second kappa shape index (κ2) is 11.3. The van der Waals surface area contributed by atoms with E-state index >= 15 is 0 Å². The Balaban J connectivity index is 1.58. The van der Waals surface area contributed by atoms with Gasteiger partial charge in [-0.25, -0.2) is 13.8 Å². The number of hydrogen-bond donors (Lipinski definition) is 2. The molecule has 2 N–H and O–H groups in total. The van der Waals surface area contributed by atoms with Gasteiger partial charge in [-0.1, -0.05) is 60.7 Å². The monoisotopic (exact) mass is 500 g/mol. The highest BCUT2D eigenvalue weighted by atomic mass is 32.2. The maximum Gasteiger partial charge on any atom is 0.302 e. The van der Waals surface area contributed by atoms with Crippen molar-refractivity contribution < 1.29 is 13.2 Å². The number of hydrogen-bond acceptors (Lipinski definition) is 7. The van der Waals surface area contributed by atoms with Crippen LogP contribution in [0.2, 0.25) is 0 Å². The first kappa shape index (κ1) is 24.6. The summed E-state index contributed by atoms with van der Waals surface area (Å²) in [5, 5.41) is 17.5. The minimum absolute atomic E-state index is 0.138. The first-order valence-corrected chi connectivity index (χ1v) is 12.9. The van der Waals surface area contributed by atoms with Crippen LogP contribution in [0.5, 0.6) is 0 Å². The molecule has 1 heterocycles. The van der Waals surface area contributed by atoms with Gasteiger partial charge >= 0.3 is 5.91 Å². The Morgan fingerprint density at radius 2 is 1.50 bits per heavy atom. The molecule has 0 aromatic heterocycles. The fourth-order valence-corrected chi connectivity index (χ4v) is 5.32. The molecule has 0 saturated carbocycles. The van der Waals surface area contributed by atoms with Gasteiger partial charge in [-0.2, -0.15) is 15.5 Å². The standard InChI is InChI=1S/C26H24N6O3S/c27-19-24(29-28-22-11-5-2-6-12-22)26(33)31-30-25(20-9-3-1-4-10-20)21-13-15-23(16-14-21)32-17-7-8-18-36(32,34)35/h1-6,9-16,28H,7-8,17-18H2,(H,31,33)/b29-24-,30-25-. The summed E-state index contributed by atoms with van der Waals surface area (Å²) in [6.07, 6.45) is 1.47. The molecule has 3 aromatic carbocycles. The van der Waals surface area contributed by atoms with Crippen LogP contribution in [0.1, 0.15) is 24.0 Å². The van der Waals surface area contributed by atoms with Crippen molar-refractivity contribution in [3.63, 3.8) is 0 Å². The van der Waals surface area contributed by atoms with E-state index in [1.165, 1.54) is 4.31 Å². The highest BCUT2D eigenvalue weighted by Gasteiger charge is 2.26. The van der Waals surface area contributed by atoms with E-state index in [0.717, 1.165) is 12.0 Å². The quantitative estimate of drug-likeness (QED) is 0.379. The molecule has 36 heavy (non-hydrogen) atoms. The zero-order chi connectivity index (χ0) is 25.4. The summed E-state index contributed by atoms with van der Waals surface area (Å²) in [6.45, 7) is 0.449. The number of benzene rings is 3. The number of hydrazone groups is 2. The summed E-state index contributed by atoms with van der Waals surface area (Å²) in [6, 6.07) is 26.9. The first-order valence-electron chi connectivity index (χ1n) is 11.3. The number of carbonyl (C=O) groups is 1. The maximum atomic E-state index is 12.6. The molecular formula is C26H24N6O3S.